The van der Waals surface area contributed by atoms with Gasteiger partial charge in [0, 0.05) is 9.89 Å². The van der Waals surface area contributed by atoms with Crippen LogP contribution in [0.3, 0.4) is 0 Å². The molecule has 0 aromatic heterocycles. The molecule has 2 aliphatic rings. The lowest BCUT2D eigenvalue weighted by atomic mass is 9.68. The highest BCUT2D eigenvalue weighted by molar-refractivity contribution is 9.10. The fourth-order valence-corrected chi connectivity index (χ4v) is 5.66. The first kappa shape index (κ1) is 20.4. The molecule has 0 aliphatic carbocycles. The van der Waals surface area contributed by atoms with Crippen molar-refractivity contribution in [3.63, 3.8) is 0 Å². The van der Waals surface area contributed by atoms with Gasteiger partial charge in [-0.2, -0.15) is 0 Å². The maximum Gasteiger partial charge on any atom is 0.415 e. The summed E-state index contributed by atoms with van der Waals surface area (Å²) in [6.45, 7) is 7.68. The minimum absolute atomic E-state index is 0.0237. The molecule has 2 heterocycles. The van der Waals surface area contributed by atoms with Crippen molar-refractivity contribution >= 4 is 27.7 Å². The van der Waals surface area contributed by atoms with Gasteiger partial charge in [-0.3, -0.25) is 4.90 Å². The lowest BCUT2D eigenvalue weighted by Crippen LogP contribution is -2.53. The van der Waals surface area contributed by atoms with Crippen molar-refractivity contribution in [3.8, 4) is 0 Å². The van der Waals surface area contributed by atoms with Crippen LogP contribution in [0.1, 0.15) is 44.7 Å². The third-order valence-corrected chi connectivity index (χ3v) is 6.72. The second-order valence-electron chi connectivity index (χ2n) is 9.10. The molecule has 1 atom stereocenters. The van der Waals surface area contributed by atoms with E-state index in [4.69, 9.17) is 4.74 Å². The van der Waals surface area contributed by atoms with Gasteiger partial charge in [0.1, 0.15) is 5.60 Å². The molecule has 2 aliphatic heterocycles. The summed E-state index contributed by atoms with van der Waals surface area (Å²) in [5.41, 5.74) is 2.86. The van der Waals surface area contributed by atoms with E-state index in [0.717, 1.165) is 42.5 Å². The van der Waals surface area contributed by atoms with Gasteiger partial charge in [-0.05, 0) is 76.4 Å². The summed E-state index contributed by atoms with van der Waals surface area (Å²) in [7, 11) is 0. The zero-order chi connectivity index (χ0) is 20.6. The molecule has 2 aromatic carbocycles. The van der Waals surface area contributed by atoms with E-state index in [9.17, 15) is 4.79 Å². The molecular weight excluding hydrogens is 428 g/mol. The van der Waals surface area contributed by atoms with E-state index in [2.05, 4.69) is 57.6 Å². The van der Waals surface area contributed by atoms with Gasteiger partial charge in [-0.25, -0.2) is 4.79 Å². The monoisotopic (exact) mass is 456 g/mol. The highest BCUT2D eigenvalue weighted by Crippen LogP contribution is 2.54. The highest BCUT2D eigenvalue weighted by Gasteiger charge is 2.54. The van der Waals surface area contributed by atoms with Crippen LogP contribution < -0.4 is 10.2 Å². The van der Waals surface area contributed by atoms with Crippen molar-refractivity contribution in [2.45, 2.75) is 57.1 Å². The minimum atomic E-state index is -0.537. The van der Waals surface area contributed by atoms with Gasteiger partial charge >= 0.3 is 6.09 Å². The summed E-state index contributed by atoms with van der Waals surface area (Å²) >= 11 is 3.81. The average Bonchev–Trinajstić information content (AvgIpc) is 2.92. The van der Waals surface area contributed by atoms with Gasteiger partial charge in [0.15, 0.2) is 0 Å². The second kappa shape index (κ2) is 7.77. The largest absolute Gasteiger partial charge is 0.443 e. The van der Waals surface area contributed by atoms with E-state index >= 15 is 0 Å². The lowest BCUT2D eigenvalue weighted by Gasteiger charge is -2.42. The van der Waals surface area contributed by atoms with Gasteiger partial charge in [-0.15, -0.1) is 0 Å². The smallest absolute Gasteiger partial charge is 0.415 e. The molecule has 29 heavy (non-hydrogen) atoms. The van der Waals surface area contributed by atoms with E-state index < -0.39 is 5.60 Å². The molecule has 1 fully saturated rings. The maximum absolute atomic E-state index is 13.4. The SMILES string of the molecule is CC(C)(C)OC(=O)N1c2cccc(Br)c2C2(CCNCC2)[C@H]1Cc1ccccc1. The number of nitrogens with zero attached hydrogens (tertiary/aromatic N) is 1. The lowest BCUT2D eigenvalue weighted by molar-refractivity contribution is 0.0551. The molecule has 1 saturated heterocycles. The van der Waals surface area contributed by atoms with E-state index in [-0.39, 0.29) is 17.6 Å². The van der Waals surface area contributed by atoms with Crippen LogP contribution in [0.4, 0.5) is 10.5 Å². The van der Waals surface area contributed by atoms with E-state index in [1.165, 1.54) is 11.1 Å². The molecule has 4 nitrogen and oxygen atoms in total. The molecule has 1 spiro atoms. The highest BCUT2D eigenvalue weighted by atomic mass is 79.9. The first-order chi connectivity index (χ1) is 13.8. The van der Waals surface area contributed by atoms with Crippen molar-refractivity contribution in [3.05, 3.63) is 64.1 Å². The van der Waals surface area contributed by atoms with Gasteiger partial charge in [0.2, 0.25) is 0 Å². The van der Waals surface area contributed by atoms with Gasteiger partial charge in [0.25, 0.3) is 0 Å². The van der Waals surface area contributed by atoms with Crippen molar-refractivity contribution in [2.75, 3.05) is 18.0 Å². The molecule has 5 heteroatoms. The Morgan fingerprint density at radius 1 is 1.14 bits per heavy atom. The number of ether oxygens (including phenoxy) is 1. The quantitative estimate of drug-likeness (QED) is 0.654. The summed E-state index contributed by atoms with van der Waals surface area (Å²) in [6, 6.07) is 16.7. The molecule has 154 valence electrons. The van der Waals surface area contributed by atoms with Crippen LogP contribution in [0.15, 0.2) is 53.0 Å². The van der Waals surface area contributed by atoms with Crippen molar-refractivity contribution in [1.29, 1.82) is 0 Å². The normalized spacial score (nSPS) is 20.6. The fraction of sp³-hybridized carbons (Fsp3) is 0.458. The van der Waals surface area contributed by atoms with Crippen LogP contribution >= 0.6 is 15.9 Å². The zero-order valence-electron chi connectivity index (χ0n) is 17.4. The van der Waals surface area contributed by atoms with Crippen molar-refractivity contribution < 1.29 is 9.53 Å². The molecule has 4 rings (SSSR count). The Hall–Kier alpha value is -1.85. The maximum atomic E-state index is 13.4. The Kier molecular flexibility index (Phi) is 5.47. The third kappa shape index (κ3) is 3.82. The Morgan fingerprint density at radius 3 is 2.48 bits per heavy atom. The number of fused-ring (bicyclic) bond motifs is 2. The Labute approximate surface area is 181 Å². The fourth-order valence-electron chi connectivity index (χ4n) is 4.90. The number of nitrogens with one attached hydrogen (secondary N) is 1. The molecule has 2 aromatic rings. The molecule has 0 radical (unpaired) electrons. The van der Waals surface area contributed by atoms with Crippen molar-refractivity contribution in [2.24, 2.45) is 0 Å². The molecule has 0 unspecified atom stereocenters. The summed E-state index contributed by atoms with van der Waals surface area (Å²) in [5, 5.41) is 3.50. The van der Waals surface area contributed by atoms with Crippen LogP contribution in [0.2, 0.25) is 0 Å². The second-order valence-corrected chi connectivity index (χ2v) is 9.95. The van der Waals surface area contributed by atoms with Crippen molar-refractivity contribution in [1.82, 2.24) is 5.32 Å². The molecular formula is C24H29BrN2O2. The minimum Gasteiger partial charge on any atom is -0.443 e. The number of hydrogen-bond acceptors (Lipinski definition) is 3. The van der Waals surface area contributed by atoms with E-state index in [0.29, 0.717) is 0 Å². The van der Waals surface area contributed by atoms with Crippen LogP contribution in [-0.4, -0.2) is 30.8 Å². The number of halogens is 1. The summed E-state index contributed by atoms with van der Waals surface area (Å²) < 4.78 is 6.96. The number of carbonyl (C=O) groups is 1. The first-order valence-corrected chi connectivity index (χ1v) is 11.2. The zero-order valence-corrected chi connectivity index (χ0v) is 19.0. The predicted octanol–water partition coefficient (Wildman–Crippen LogP) is 5.44. The number of carbonyl (C=O) groups excluding carboxylic acids is 1. The number of amides is 1. The molecule has 1 amide bonds. The van der Waals surface area contributed by atoms with Crippen LogP contribution in [0.5, 0.6) is 0 Å². The summed E-state index contributed by atoms with van der Waals surface area (Å²) in [6.07, 6.45) is 2.55. The number of benzene rings is 2. The average molecular weight is 457 g/mol. The van der Waals surface area contributed by atoms with E-state index in [1.54, 1.807) is 0 Å². The number of hydrogen-bond donors (Lipinski definition) is 1. The van der Waals surface area contributed by atoms with Gasteiger partial charge in [0.05, 0.1) is 11.7 Å². The Balaban J connectivity index is 1.84. The third-order valence-electron chi connectivity index (χ3n) is 6.06. The number of piperidine rings is 1. The number of rotatable bonds is 2. The standard InChI is InChI=1S/C24H29BrN2O2/c1-23(2,3)29-22(28)27-19-11-7-10-18(25)21(19)24(12-14-26-15-13-24)20(27)16-17-8-5-4-6-9-17/h4-11,20,26H,12-16H2,1-3H3/t20-/m1/s1. The predicted molar refractivity (Wildman–Crippen MR) is 121 cm³/mol. The topological polar surface area (TPSA) is 41.6 Å². The van der Waals surface area contributed by atoms with Crippen LogP contribution in [0, 0.1) is 0 Å². The molecule has 1 N–H and O–H groups in total. The summed E-state index contributed by atoms with van der Waals surface area (Å²) in [4.78, 5) is 15.4. The Bertz CT molecular complexity index is 885. The summed E-state index contributed by atoms with van der Waals surface area (Å²) in [5.74, 6) is 0. The first-order valence-electron chi connectivity index (χ1n) is 10.4. The van der Waals surface area contributed by atoms with Crippen LogP contribution in [-0.2, 0) is 16.6 Å². The van der Waals surface area contributed by atoms with Crippen LogP contribution in [0.25, 0.3) is 0 Å². The molecule has 0 bridgehead atoms. The Morgan fingerprint density at radius 2 is 1.83 bits per heavy atom. The molecule has 0 saturated carbocycles. The van der Waals surface area contributed by atoms with Gasteiger partial charge < -0.3 is 10.1 Å². The number of anilines is 1. The van der Waals surface area contributed by atoms with Gasteiger partial charge in [-0.1, -0.05) is 52.3 Å². The van der Waals surface area contributed by atoms with E-state index in [1.807, 2.05) is 37.8 Å².